The van der Waals surface area contributed by atoms with Gasteiger partial charge in [-0.15, -0.1) is 0 Å². The van der Waals surface area contributed by atoms with Gasteiger partial charge in [-0.1, -0.05) is 6.07 Å². The first-order valence-corrected chi connectivity index (χ1v) is 9.89. The zero-order valence-electron chi connectivity index (χ0n) is 13.6. The molecule has 2 aliphatic heterocycles. The molecule has 1 aromatic rings. The normalized spacial score (nSPS) is 21.8. The number of carbonyl (C=O) groups excluding carboxylic acids is 1. The van der Waals surface area contributed by atoms with E-state index in [-0.39, 0.29) is 23.5 Å². The van der Waals surface area contributed by atoms with Crippen molar-refractivity contribution in [3.05, 3.63) is 29.8 Å². The first-order chi connectivity index (χ1) is 11.5. The van der Waals surface area contributed by atoms with Gasteiger partial charge >= 0.3 is 0 Å². The van der Waals surface area contributed by atoms with E-state index >= 15 is 0 Å². The first kappa shape index (κ1) is 16.8. The molecule has 0 unspecified atom stereocenters. The number of rotatable bonds is 4. The van der Waals surface area contributed by atoms with E-state index in [9.17, 15) is 13.2 Å². The zero-order valence-corrected chi connectivity index (χ0v) is 14.4. The average Bonchev–Trinajstić information content (AvgIpc) is 2.93. The third-order valence-electron chi connectivity index (χ3n) is 4.26. The topological polar surface area (TPSA) is 72.9 Å². The minimum atomic E-state index is -3.01. The first-order valence-electron chi connectivity index (χ1n) is 8.07. The molecule has 1 saturated heterocycles. The third kappa shape index (κ3) is 3.72. The Balaban J connectivity index is 1.70. The van der Waals surface area contributed by atoms with E-state index < -0.39 is 9.84 Å². The Morgan fingerprint density at radius 2 is 2.04 bits per heavy atom. The summed E-state index contributed by atoms with van der Waals surface area (Å²) in [6.45, 7) is 3.40. The van der Waals surface area contributed by atoms with E-state index in [0.29, 0.717) is 37.7 Å². The molecule has 0 N–H and O–H groups in total. The van der Waals surface area contributed by atoms with Crippen LogP contribution in [0.2, 0.25) is 0 Å². The maximum Gasteiger partial charge on any atom is 0.246 e. The van der Waals surface area contributed by atoms with Gasteiger partial charge < -0.3 is 14.4 Å². The van der Waals surface area contributed by atoms with Crippen LogP contribution in [0.3, 0.4) is 0 Å². The second-order valence-electron chi connectivity index (χ2n) is 5.92. The average molecular weight is 351 g/mol. The molecule has 0 radical (unpaired) electrons. The van der Waals surface area contributed by atoms with Gasteiger partial charge in [0.25, 0.3) is 0 Å². The molecule has 1 atom stereocenters. The maximum absolute atomic E-state index is 12.4. The minimum absolute atomic E-state index is 0.0600. The summed E-state index contributed by atoms with van der Waals surface area (Å²) in [6, 6.07) is 5.28. The summed E-state index contributed by atoms with van der Waals surface area (Å²) in [6.07, 6.45) is 3.71. The highest BCUT2D eigenvalue weighted by Gasteiger charge is 2.33. The van der Waals surface area contributed by atoms with Gasteiger partial charge in [0.2, 0.25) is 5.91 Å². The number of hydrogen-bond donors (Lipinski definition) is 0. The maximum atomic E-state index is 12.4. The lowest BCUT2D eigenvalue weighted by Crippen LogP contribution is -2.40. The summed E-state index contributed by atoms with van der Waals surface area (Å²) in [7, 11) is -3.01. The molecule has 2 heterocycles. The lowest BCUT2D eigenvalue weighted by atomic mass is 10.1. The highest BCUT2D eigenvalue weighted by Crippen LogP contribution is 2.31. The Morgan fingerprint density at radius 1 is 1.29 bits per heavy atom. The van der Waals surface area contributed by atoms with Crippen molar-refractivity contribution in [2.45, 2.75) is 19.4 Å². The van der Waals surface area contributed by atoms with Crippen LogP contribution < -0.4 is 9.47 Å². The number of likely N-dealkylation sites (N-methyl/N-ethyl adjacent to an activating group) is 1. The predicted octanol–water partition coefficient (Wildman–Crippen LogP) is 1.51. The fraction of sp³-hybridized carbons (Fsp3) is 0.471. The van der Waals surface area contributed by atoms with E-state index in [2.05, 4.69) is 0 Å². The van der Waals surface area contributed by atoms with E-state index in [0.717, 1.165) is 5.56 Å². The summed E-state index contributed by atoms with van der Waals surface area (Å²) in [5, 5.41) is 0. The number of carbonyl (C=O) groups is 1. The van der Waals surface area contributed by atoms with Gasteiger partial charge in [0.15, 0.2) is 21.3 Å². The summed E-state index contributed by atoms with van der Waals surface area (Å²) in [4.78, 5) is 14.0. The van der Waals surface area contributed by atoms with Crippen LogP contribution in [0, 0.1) is 0 Å². The molecule has 0 aromatic heterocycles. The van der Waals surface area contributed by atoms with Crippen molar-refractivity contribution in [1.82, 2.24) is 4.90 Å². The van der Waals surface area contributed by atoms with Gasteiger partial charge in [-0.25, -0.2) is 8.42 Å². The number of hydrogen-bond acceptors (Lipinski definition) is 5. The van der Waals surface area contributed by atoms with Crippen molar-refractivity contribution < 1.29 is 22.7 Å². The summed E-state index contributed by atoms with van der Waals surface area (Å²) >= 11 is 0. The minimum Gasteiger partial charge on any atom is -0.486 e. The van der Waals surface area contributed by atoms with Crippen molar-refractivity contribution in [3.8, 4) is 11.5 Å². The van der Waals surface area contributed by atoms with Crippen molar-refractivity contribution in [2.75, 3.05) is 31.3 Å². The van der Waals surface area contributed by atoms with Gasteiger partial charge in [-0.05, 0) is 37.1 Å². The Hall–Kier alpha value is -2.02. The van der Waals surface area contributed by atoms with Crippen LogP contribution in [0.4, 0.5) is 0 Å². The van der Waals surface area contributed by atoms with Crippen LogP contribution in [0.15, 0.2) is 24.3 Å². The smallest absolute Gasteiger partial charge is 0.246 e. The number of fused-ring (bicyclic) bond motifs is 1. The van der Waals surface area contributed by atoms with Crippen molar-refractivity contribution in [1.29, 1.82) is 0 Å². The summed E-state index contributed by atoms with van der Waals surface area (Å²) in [5.41, 5.74) is 0.836. The van der Waals surface area contributed by atoms with Crippen LogP contribution in [0.25, 0.3) is 6.08 Å². The van der Waals surface area contributed by atoms with Crippen LogP contribution in [-0.2, 0) is 14.6 Å². The number of benzene rings is 1. The predicted molar refractivity (Wildman–Crippen MR) is 90.9 cm³/mol. The molecule has 0 aliphatic carbocycles. The SMILES string of the molecule is CCN(C(=O)/C=C/c1ccc2c(c1)OCCO2)[C@H]1CCS(=O)(=O)C1. The van der Waals surface area contributed by atoms with Crippen molar-refractivity contribution in [3.63, 3.8) is 0 Å². The molecule has 1 fully saturated rings. The van der Waals surface area contributed by atoms with Crippen LogP contribution in [-0.4, -0.2) is 56.5 Å². The molecular formula is C17H21NO5S. The molecule has 6 nitrogen and oxygen atoms in total. The van der Waals surface area contributed by atoms with E-state index in [1.54, 1.807) is 11.0 Å². The molecule has 0 saturated carbocycles. The van der Waals surface area contributed by atoms with Gasteiger partial charge in [0.05, 0.1) is 11.5 Å². The molecule has 0 spiro atoms. The molecule has 24 heavy (non-hydrogen) atoms. The fourth-order valence-electron chi connectivity index (χ4n) is 3.04. The van der Waals surface area contributed by atoms with E-state index in [4.69, 9.17) is 9.47 Å². The Bertz CT molecular complexity index is 756. The molecule has 1 aromatic carbocycles. The molecule has 2 aliphatic rings. The second-order valence-corrected chi connectivity index (χ2v) is 8.15. The molecule has 1 amide bonds. The fourth-order valence-corrected chi connectivity index (χ4v) is 4.77. The largest absolute Gasteiger partial charge is 0.486 e. The summed E-state index contributed by atoms with van der Waals surface area (Å²) in [5.74, 6) is 1.42. The second kappa shape index (κ2) is 6.84. The molecule has 7 heteroatoms. The van der Waals surface area contributed by atoms with E-state index in [1.807, 2.05) is 25.1 Å². The zero-order chi connectivity index (χ0) is 17.2. The van der Waals surface area contributed by atoms with Gasteiger partial charge in [0, 0.05) is 18.7 Å². The van der Waals surface area contributed by atoms with Gasteiger partial charge in [-0.3, -0.25) is 4.79 Å². The molecule has 0 bridgehead atoms. The standard InChI is InChI=1S/C17H21NO5S/c1-2-18(14-7-10-24(20,21)12-14)17(19)6-4-13-3-5-15-16(11-13)23-9-8-22-15/h3-6,11,14H,2,7-10,12H2,1H3/b6-4+/t14-/m0/s1. The highest BCUT2D eigenvalue weighted by molar-refractivity contribution is 7.91. The molecule has 3 rings (SSSR count). The number of ether oxygens (including phenoxy) is 2. The monoisotopic (exact) mass is 351 g/mol. The number of amides is 1. The van der Waals surface area contributed by atoms with Crippen LogP contribution in [0.5, 0.6) is 11.5 Å². The Morgan fingerprint density at radius 3 is 2.71 bits per heavy atom. The lowest BCUT2D eigenvalue weighted by Gasteiger charge is -2.25. The molecular weight excluding hydrogens is 330 g/mol. The van der Waals surface area contributed by atoms with Gasteiger partial charge in [0.1, 0.15) is 13.2 Å². The quantitative estimate of drug-likeness (QED) is 0.769. The third-order valence-corrected chi connectivity index (χ3v) is 6.01. The van der Waals surface area contributed by atoms with Crippen molar-refractivity contribution >= 4 is 21.8 Å². The Labute approximate surface area is 142 Å². The highest BCUT2D eigenvalue weighted by atomic mass is 32.2. The molecule has 130 valence electrons. The van der Waals surface area contributed by atoms with E-state index in [1.165, 1.54) is 6.08 Å². The van der Waals surface area contributed by atoms with Gasteiger partial charge in [-0.2, -0.15) is 0 Å². The van der Waals surface area contributed by atoms with Crippen LogP contribution in [0.1, 0.15) is 18.9 Å². The summed E-state index contributed by atoms with van der Waals surface area (Å²) < 4.78 is 34.2. The van der Waals surface area contributed by atoms with Crippen LogP contribution >= 0.6 is 0 Å². The van der Waals surface area contributed by atoms with Crippen molar-refractivity contribution in [2.24, 2.45) is 0 Å². The lowest BCUT2D eigenvalue weighted by molar-refractivity contribution is -0.127. The number of sulfone groups is 1. The number of nitrogens with zero attached hydrogens (tertiary/aromatic N) is 1. The Kier molecular flexibility index (Phi) is 4.80.